The van der Waals surface area contributed by atoms with Crippen LogP contribution in [0.25, 0.3) is 0 Å². The molecule has 2 aromatic carbocycles. The first kappa shape index (κ1) is 22.9. The minimum Gasteiger partial charge on any atom is -0.388 e. The van der Waals surface area contributed by atoms with Crippen molar-refractivity contribution in [1.29, 1.82) is 0 Å². The summed E-state index contributed by atoms with van der Waals surface area (Å²) in [6.07, 6.45) is 0.574. The van der Waals surface area contributed by atoms with Gasteiger partial charge in [-0.05, 0) is 40.1 Å². The molecule has 1 aliphatic carbocycles. The largest absolute Gasteiger partial charge is 0.388 e. The monoisotopic (exact) mass is 548 g/mol. The van der Waals surface area contributed by atoms with Gasteiger partial charge < -0.3 is 14.6 Å². The first-order valence-electron chi connectivity index (χ1n) is 10.5. The topological polar surface area (TPSA) is 93.6 Å². The molecule has 1 aromatic heterocycles. The minimum absolute atomic E-state index is 0.112. The van der Waals surface area contributed by atoms with Gasteiger partial charge in [-0.25, -0.2) is 4.79 Å². The lowest BCUT2D eigenvalue weighted by atomic mass is 10.1. The number of nitrogens with zero attached hydrogens (tertiary/aromatic N) is 1. The lowest BCUT2D eigenvalue weighted by Crippen LogP contribution is -2.39. The van der Waals surface area contributed by atoms with Crippen LogP contribution in [-0.4, -0.2) is 33.5 Å². The number of rotatable bonds is 8. The van der Waals surface area contributed by atoms with E-state index in [0.717, 1.165) is 11.1 Å². The second-order valence-electron chi connectivity index (χ2n) is 7.96. The molecule has 0 radical (unpaired) electrons. The first-order valence-corrected chi connectivity index (χ1v) is 11.6. The number of benzene rings is 2. The number of aliphatic hydroxyl groups is 1. The van der Waals surface area contributed by atoms with Gasteiger partial charge in [-0.3, -0.25) is 14.3 Å². The zero-order chi connectivity index (χ0) is 22.5. The Kier molecular flexibility index (Phi) is 7.56. The van der Waals surface area contributed by atoms with Gasteiger partial charge in [-0.15, -0.1) is 0 Å². The summed E-state index contributed by atoms with van der Waals surface area (Å²) in [6.45, 7) is 1.19. The second kappa shape index (κ2) is 10.6. The molecule has 0 amide bonds. The van der Waals surface area contributed by atoms with Gasteiger partial charge in [0, 0.05) is 12.1 Å². The van der Waals surface area contributed by atoms with E-state index in [4.69, 9.17) is 9.47 Å². The van der Waals surface area contributed by atoms with Crippen LogP contribution in [0.4, 0.5) is 0 Å². The van der Waals surface area contributed by atoms with E-state index in [-0.39, 0.29) is 5.92 Å². The number of halogens is 1. The summed E-state index contributed by atoms with van der Waals surface area (Å²) >= 11 is 1.88. The van der Waals surface area contributed by atoms with Crippen LogP contribution in [-0.2, 0) is 22.7 Å². The summed E-state index contributed by atoms with van der Waals surface area (Å²) in [5.74, 6) is -0.112. The van der Waals surface area contributed by atoms with Crippen LogP contribution in [0.3, 0.4) is 0 Å². The molecule has 1 fully saturated rings. The van der Waals surface area contributed by atoms with Crippen LogP contribution < -0.4 is 11.2 Å². The van der Waals surface area contributed by atoms with Crippen molar-refractivity contribution in [3.8, 4) is 0 Å². The molecular weight excluding hydrogens is 523 g/mol. The molecule has 8 heteroatoms. The standard InChI is InChI=1S/C24H25IN2O5/c25-19-12-27(24(30)26-23(19)29)20-11-18(15-31-13-16-7-3-1-4-8-16)22(21(20)28)32-14-17-9-5-2-6-10-17/h1-10,12,18,20-22,28H,11,13-15H2,(H,26,29,30)/t18-,20-,21+,22-/m1/s1. The van der Waals surface area contributed by atoms with Gasteiger partial charge in [0.25, 0.3) is 5.56 Å². The Balaban J connectivity index is 1.51. The predicted octanol–water partition coefficient (Wildman–Crippen LogP) is 2.87. The van der Waals surface area contributed by atoms with Gasteiger partial charge in [-0.1, -0.05) is 60.7 Å². The number of nitrogens with one attached hydrogen (secondary N) is 1. The second-order valence-corrected chi connectivity index (χ2v) is 9.12. The number of aliphatic hydroxyl groups excluding tert-OH is 1. The van der Waals surface area contributed by atoms with Crippen LogP contribution in [0.15, 0.2) is 76.4 Å². The van der Waals surface area contributed by atoms with E-state index in [1.165, 1.54) is 10.8 Å². The van der Waals surface area contributed by atoms with Crippen LogP contribution in [0.1, 0.15) is 23.6 Å². The molecule has 3 aromatic rings. The molecule has 0 spiro atoms. The van der Waals surface area contributed by atoms with Crippen molar-refractivity contribution >= 4 is 22.6 Å². The lowest BCUT2D eigenvalue weighted by Gasteiger charge is -2.24. The summed E-state index contributed by atoms with van der Waals surface area (Å²) in [5, 5.41) is 11.1. The van der Waals surface area contributed by atoms with E-state index in [1.54, 1.807) is 0 Å². The molecule has 4 rings (SSSR count). The summed E-state index contributed by atoms with van der Waals surface area (Å²) in [7, 11) is 0. The molecule has 1 aliphatic rings. The number of H-pyrrole nitrogens is 1. The lowest BCUT2D eigenvalue weighted by molar-refractivity contribution is -0.0717. The normalized spacial score (nSPS) is 22.8. The predicted molar refractivity (Wildman–Crippen MR) is 128 cm³/mol. The van der Waals surface area contributed by atoms with Gasteiger partial charge in [0.1, 0.15) is 6.10 Å². The third-order valence-corrected chi connectivity index (χ3v) is 6.52. The zero-order valence-corrected chi connectivity index (χ0v) is 19.6. The molecule has 0 saturated heterocycles. The fourth-order valence-electron chi connectivity index (χ4n) is 4.13. The average molecular weight is 548 g/mol. The molecule has 2 N–H and O–H groups in total. The van der Waals surface area contributed by atoms with E-state index in [9.17, 15) is 14.7 Å². The molecule has 168 valence electrons. The maximum atomic E-state index is 12.4. The Hall–Kier alpha value is -2.27. The minimum atomic E-state index is -0.913. The maximum Gasteiger partial charge on any atom is 0.328 e. The SMILES string of the molecule is O=c1[nH]c(=O)n([C@@H]2C[C@H](COCc3ccccc3)[C@@H](OCc3ccccc3)[C@H]2O)cc1I. The molecule has 4 atom stereocenters. The van der Waals surface area contributed by atoms with Crippen LogP contribution in [0.5, 0.6) is 0 Å². The van der Waals surface area contributed by atoms with Gasteiger partial charge in [0.2, 0.25) is 0 Å². The van der Waals surface area contributed by atoms with Crippen molar-refractivity contribution in [1.82, 2.24) is 9.55 Å². The fraction of sp³-hybridized carbons (Fsp3) is 0.333. The van der Waals surface area contributed by atoms with Crippen molar-refractivity contribution in [3.63, 3.8) is 0 Å². The van der Waals surface area contributed by atoms with Crippen molar-refractivity contribution in [2.75, 3.05) is 6.61 Å². The van der Waals surface area contributed by atoms with Crippen molar-refractivity contribution in [2.45, 2.75) is 37.9 Å². The highest BCUT2D eigenvalue weighted by atomic mass is 127. The number of aromatic amines is 1. The van der Waals surface area contributed by atoms with Gasteiger partial charge in [0.15, 0.2) is 0 Å². The Morgan fingerprint density at radius 3 is 2.28 bits per heavy atom. The molecule has 1 saturated carbocycles. The average Bonchev–Trinajstić information content (AvgIpc) is 3.11. The number of hydrogen-bond acceptors (Lipinski definition) is 5. The molecule has 0 aliphatic heterocycles. The van der Waals surface area contributed by atoms with Crippen LogP contribution in [0, 0.1) is 9.49 Å². The van der Waals surface area contributed by atoms with Crippen LogP contribution in [0.2, 0.25) is 0 Å². The Morgan fingerprint density at radius 2 is 1.62 bits per heavy atom. The molecule has 1 heterocycles. The smallest absolute Gasteiger partial charge is 0.328 e. The van der Waals surface area contributed by atoms with E-state index < -0.39 is 29.5 Å². The summed E-state index contributed by atoms with van der Waals surface area (Å²) in [6, 6.07) is 19.1. The molecule has 32 heavy (non-hydrogen) atoms. The van der Waals surface area contributed by atoms with Crippen molar-refractivity contribution < 1.29 is 14.6 Å². The van der Waals surface area contributed by atoms with Gasteiger partial charge in [0.05, 0.1) is 35.5 Å². The highest BCUT2D eigenvalue weighted by molar-refractivity contribution is 14.1. The van der Waals surface area contributed by atoms with Crippen molar-refractivity contribution in [3.05, 3.63) is 102 Å². The van der Waals surface area contributed by atoms with Crippen molar-refractivity contribution in [2.24, 2.45) is 5.92 Å². The number of ether oxygens (including phenoxy) is 2. The van der Waals surface area contributed by atoms with E-state index in [2.05, 4.69) is 4.98 Å². The zero-order valence-electron chi connectivity index (χ0n) is 17.4. The van der Waals surface area contributed by atoms with Gasteiger partial charge in [-0.2, -0.15) is 0 Å². The molecule has 0 bridgehead atoms. The fourth-order valence-corrected chi connectivity index (χ4v) is 4.57. The van der Waals surface area contributed by atoms with E-state index in [0.29, 0.717) is 29.8 Å². The highest BCUT2D eigenvalue weighted by Crippen LogP contribution is 2.37. The van der Waals surface area contributed by atoms with Crippen LogP contribution >= 0.6 is 22.6 Å². The Morgan fingerprint density at radius 1 is 1.00 bits per heavy atom. The third kappa shape index (κ3) is 5.37. The first-order chi connectivity index (χ1) is 15.5. The number of hydrogen-bond donors (Lipinski definition) is 2. The maximum absolute atomic E-state index is 12.4. The molecule has 0 unspecified atom stereocenters. The number of aromatic nitrogens is 2. The molecular formula is C24H25IN2O5. The van der Waals surface area contributed by atoms with Gasteiger partial charge >= 0.3 is 5.69 Å². The Labute approximate surface area is 199 Å². The summed E-state index contributed by atoms with van der Waals surface area (Å²) in [5.41, 5.74) is 1.10. The Bertz CT molecular complexity index is 1130. The van der Waals surface area contributed by atoms with E-state index >= 15 is 0 Å². The highest BCUT2D eigenvalue weighted by Gasteiger charge is 2.44. The third-order valence-electron chi connectivity index (χ3n) is 5.75. The summed E-state index contributed by atoms with van der Waals surface area (Å²) in [4.78, 5) is 26.5. The summed E-state index contributed by atoms with van der Waals surface area (Å²) < 4.78 is 13.9. The molecule has 7 nitrogen and oxygen atoms in total. The van der Waals surface area contributed by atoms with E-state index in [1.807, 2.05) is 83.3 Å². The quantitative estimate of drug-likeness (QED) is 0.423.